The number of pyridine rings is 1. The number of aryl methyl sites for hydroxylation is 3. The van der Waals surface area contributed by atoms with Gasteiger partial charge in [0.25, 0.3) is 10.0 Å². The maximum Gasteiger partial charge on any atom is 0.268 e. The van der Waals surface area contributed by atoms with Gasteiger partial charge >= 0.3 is 0 Å². The summed E-state index contributed by atoms with van der Waals surface area (Å²) in [7, 11) is -4.08. The molecule has 6 nitrogen and oxygen atoms in total. The fourth-order valence-corrected chi connectivity index (χ4v) is 5.04. The molecule has 0 fully saturated rings. The van der Waals surface area contributed by atoms with E-state index >= 15 is 0 Å². The van der Waals surface area contributed by atoms with Crippen LogP contribution in [0.25, 0.3) is 5.65 Å². The zero-order valence-electron chi connectivity index (χ0n) is 17.6. The third-order valence-electron chi connectivity index (χ3n) is 5.40. The Bertz CT molecular complexity index is 1370. The highest BCUT2D eigenvalue weighted by atomic mass is 32.2. The zero-order chi connectivity index (χ0) is 22.2. The molecule has 160 valence electrons. The number of nitrogens with zero attached hydrogens (tertiary/aromatic N) is 4. The van der Waals surface area contributed by atoms with E-state index in [-0.39, 0.29) is 22.7 Å². The second-order valence-electron chi connectivity index (χ2n) is 7.41. The largest absolute Gasteiger partial charge is 0.285 e. The number of halogens is 1. The van der Waals surface area contributed by atoms with Gasteiger partial charge in [0, 0.05) is 18.2 Å². The molecule has 31 heavy (non-hydrogen) atoms. The Morgan fingerprint density at radius 3 is 2.48 bits per heavy atom. The van der Waals surface area contributed by atoms with E-state index in [0.717, 1.165) is 11.1 Å². The third-order valence-corrected chi connectivity index (χ3v) is 7.20. The van der Waals surface area contributed by atoms with Crippen molar-refractivity contribution < 1.29 is 12.8 Å². The monoisotopic (exact) mass is 438 g/mol. The first kappa shape index (κ1) is 21.0. The maximum absolute atomic E-state index is 14.5. The van der Waals surface area contributed by atoms with E-state index in [1.54, 1.807) is 47.0 Å². The molecular weight excluding hydrogens is 415 g/mol. The lowest BCUT2D eigenvalue weighted by Crippen LogP contribution is -2.31. The molecule has 0 spiro atoms. The summed E-state index contributed by atoms with van der Waals surface area (Å²) in [6.07, 6.45) is 2.35. The van der Waals surface area contributed by atoms with Crippen LogP contribution < -0.4 is 4.31 Å². The van der Waals surface area contributed by atoms with Gasteiger partial charge in [0.15, 0.2) is 5.65 Å². The summed E-state index contributed by atoms with van der Waals surface area (Å²) in [5.74, 6) is 0.208. The molecule has 4 aromatic rings. The van der Waals surface area contributed by atoms with Crippen molar-refractivity contribution in [2.75, 3.05) is 4.31 Å². The second kappa shape index (κ2) is 8.11. The number of fused-ring (bicyclic) bond motifs is 1. The molecule has 0 radical (unpaired) electrons. The number of aromatic nitrogens is 3. The van der Waals surface area contributed by atoms with Crippen LogP contribution in [0, 0.1) is 19.7 Å². The van der Waals surface area contributed by atoms with E-state index < -0.39 is 15.8 Å². The summed E-state index contributed by atoms with van der Waals surface area (Å²) in [6.45, 7) is 5.65. The van der Waals surface area contributed by atoms with Gasteiger partial charge in [-0.25, -0.2) is 12.8 Å². The van der Waals surface area contributed by atoms with Crippen LogP contribution in [-0.4, -0.2) is 23.0 Å². The van der Waals surface area contributed by atoms with Crippen LogP contribution in [0.3, 0.4) is 0 Å². The Labute approximate surface area is 181 Å². The third kappa shape index (κ3) is 3.79. The quantitative estimate of drug-likeness (QED) is 0.446. The van der Waals surface area contributed by atoms with E-state index in [2.05, 4.69) is 10.2 Å². The number of anilines is 1. The molecule has 2 aromatic heterocycles. The molecule has 0 atom stereocenters. The van der Waals surface area contributed by atoms with Crippen LogP contribution in [-0.2, 0) is 23.0 Å². The lowest BCUT2D eigenvalue weighted by Gasteiger charge is -2.25. The lowest BCUT2D eigenvalue weighted by molar-refractivity contribution is 0.585. The lowest BCUT2D eigenvalue weighted by atomic mass is 10.1. The highest BCUT2D eigenvalue weighted by Gasteiger charge is 2.29. The molecule has 0 amide bonds. The topological polar surface area (TPSA) is 67.6 Å². The number of benzene rings is 2. The zero-order valence-corrected chi connectivity index (χ0v) is 18.4. The molecule has 0 N–H and O–H groups in total. The Kier molecular flexibility index (Phi) is 5.49. The molecule has 0 saturated carbocycles. The van der Waals surface area contributed by atoms with Gasteiger partial charge < -0.3 is 0 Å². The van der Waals surface area contributed by atoms with Crippen molar-refractivity contribution in [2.45, 2.75) is 38.6 Å². The summed E-state index contributed by atoms with van der Waals surface area (Å²) in [6, 6.07) is 14.8. The summed E-state index contributed by atoms with van der Waals surface area (Å²) in [4.78, 5) is 0.0248. The van der Waals surface area contributed by atoms with Gasteiger partial charge in [-0.3, -0.25) is 8.71 Å². The molecule has 0 saturated heterocycles. The molecule has 0 bridgehead atoms. The van der Waals surface area contributed by atoms with Crippen LogP contribution in [0.2, 0.25) is 0 Å². The molecule has 2 heterocycles. The molecule has 8 heteroatoms. The molecule has 0 unspecified atom stereocenters. The van der Waals surface area contributed by atoms with Crippen molar-refractivity contribution in [3.63, 3.8) is 0 Å². The normalized spacial score (nSPS) is 11.7. The SMILES string of the molecule is CCc1nnc2c(S(=O)(=O)N(Cc3ccccc3F)c3ccc(C)c(C)c3)cccn12. The van der Waals surface area contributed by atoms with Crippen LogP contribution in [0.4, 0.5) is 10.1 Å². The first-order valence-electron chi connectivity index (χ1n) is 9.99. The predicted octanol–water partition coefficient (Wildman–Crippen LogP) is 4.44. The fourth-order valence-electron chi connectivity index (χ4n) is 3.48. The summed E-state index contributed by atoms with van der Waals surface area (Å²) in [5.41, 5.74) is 2.98. The average Bonchev–Trinajstić information content (AvgIpc) is 3.18. The van der Waals surface area contributed by atoms with Crippen molar-refractivity contribution in [2.24, 2.45) is 0 Å². The minimum absolute atomic E-state index is 0.0248. The highest BCUT2D eigenvalue weighted by Crippen LogP contribution is 2.30. The van der Waals surface area contributed by atoms with Gasteiger partial charge in [-0.15, -0.1) is 10.2 Å². The highest BCUT2D eigenvalue weighted by molar-refractivity contribution is 7.93. The standard InChI is InChI=1S/C23H23FN4O2S/c1-4-22-25-26-23-21(10-7-13-27(22)23)31(29,30)28(15-18-8-5-6-9-20(18)24)19-12-11-16(2)17(3)14-19/h5-14H,4,15H2,1-3H3. The Balaban J connectivity index is 1.91. The number of hydrogen-bond acceptors (Lipinski definition) is 4. The van der Waals surface area contributed by atoms with Crippen LogP contribution in [0.5, 0.6) is 0 Å². The summed E-state index contributed by atoms with van der Waals surface area (Å²) < 4.78 is 45.1. The van der Waals surface area contributed by atoms with Crippen molar-refractivity contribution in [1.29, 1.82) is 0 Å². The number of hydrogen-bond donors (Lipinski definition) is 0. The first-order chi connectivity index (χ1) is 14.8. The van der Waals surface area contributed by atoms with E-state index in [1.165, 1.54) is 16.4 Å². The Morgan fingerprint density at radius 1 is 1.00 bits per heavy atom. The van der Waals surface area contributed by atoms with E-state index in [9.17, 15) is 12.8 Å². The molecule has 0 aliphatic heterocycles. The fraction of sp³-hybridized carbons (Fsp3) is 0.217. The average molecular weight is 439 g/mol. The van der Waals surface area contributed by atoms with Gasteiger partial charge in [0.05, 0.1) is 12.2 Å². The molecule has 0 aliphatic rings. The van der Waals surface area contributed by atoms with Gasteiger partial charge in [-0.05, 0) is 55.3 Å². The van der Waals surface area contributed by atoms with Gasteiger partial charge in [0.1, 0.15) is 16.5 Å². The van der Waals surface area contributed by atoms with Gasteiger partial charge in [0.2, 0.25) is 0 Å². The van der Waals surface area contributed by atoms with Gasteiger partial charge in [-0.2, -0.15) is 0 Å². The maximum atomic E-state index is 14.5. The second-order valence-corrected chi connectivity index (χ2v) is 9.24. The van der Waals surface area contributed by atoms with Gasteiger partial charge in [-0.1, -0.05) is 31.2 Å². The minimum atomic E-state index is -4.08. The summed E-state index contributed by atoms with van der Waals surface area (Å²) >= 11 is 0. The minimum Gasteiger partial charge on any atom is -0.285 e. The Morgan fingerprint density at radius 2 is 1.77 bits per heavy atom. The number of sulfonamides is 1. The van der Waals surface area contributed by atoms with E-state index in [4.69, 9.17) is 0 Å². The smallest absolute Gasteiger partial charge is 0.268 e. The van der Waals surface area contributed by atoms with E-state index in [0.29, 0.717) is 17.9 Å². The van der Waals surface area contributed by atoms with Crippen LogP contribution in [0.15, 0.2) is 65.7 Å². The first-order valence-corrected chi connectivity index (χ1v) is 11.4. The molecule has 4 rings (SSSR count). The van der Waals surface area contributed by atoms with E-state index in [1.807, 2.05) is 26.8 Å². The van der Waals surface area contributed by atoms with Crippen LogP contribution in [0.1, 0.15) is 29.4 Å². The number of rotatable bonds is 6. The summed E-state index contributed by atoms with van der Waals surface area (Å²) in [5, 5.41) is 8.23. The van der Waals surface area contributed by atoms with Crippen molar-refractivity contribution in [3.05, 3.63) is 89.1 Å². The van der Waals surface area contributed by atoms with Crippen molar-refractivity contribution in [1.82, 2.24) is 14.6 Å². The van der Waals surface area contributed by atoms with Crippen molar-refractivity contribution in [3.8, 4) is 0 Å². The molecular formula is C23H23FN4O2S. The molecule has 0 aliphatic carbocycles. The van der Waals surface area contributed by atoms with Crippen molar-refractivity contribution >= 4 is 21.4 Å². The predicted molar refractivity (Wildman–Crippen MR) is 118 cm³/mol. The van der Waals surface area contributed by atoms with Crippen LogP contribution >= 0.6 is 0 Å². The molecule has 2 aromatic carbocycles. The Hall–Kier alpha value is -3.26.